The van der Waals surface area contributed by atoms with Crippen molar-refractivity contribution in [3.63, 3.8) is 0 Å². The van der Waals surface area contributed by atoms with E-state index in [1.54, 1.807) is 0 Å². The van der Waals surface area contributed by atoms with Gasteiger partial charge in [0.05, 0.1) is 11.6 Å². The fourth-order valence-electron chi connectivity index (χ4n) is 6.50. The Morgan fingerprint density at radius 3 is 2.59 bits per heavy atom. The van der Waals surface area contributed by atoms with E-state index in [0.717, 1.165) is 48.7 Å². The molecule has 3 N–H and O–H groups in total. The molecule has 2 aromatic carbocycles. The van der Waals surface area contributed by atoms with E-state index in [-0.39, 0.29) is 23.9 Å². The molecule has 2 aliphatic carbocycles. The SMILES string of the molecule is Cc1cccc(C(CC(=O)N[C@H]2CC[C@H](N)CC2)c2cn(CC3CCCCC3)c3ccc(C#N)cc23)c1. The number of aromatic nitrogens is 1. The predicted octanol–water partition coefficient (Wildman–Crippen LogP) is 6.31. The molecule has 0 radical (unpaired) electrons. The Bertz CT molecular complexity index is 1270. The fourth-order valence-corrected chi connectivity index (χ4v) is 6.50. The summed E-state index contributed by atoms with van der Waals surface area (Å²) in [4.78, 5) is 13.4. The van der Waals surface area contributed by atoms with Crippen molar-refractivity contribution in [2.75, 3.05) is 0 Å². The van der Waals surface area contributed by atoms with Gasteiger partial charge in [0, 0.05) is 48.1 Å². The quantitative estimate of drug-likeness (QED) is 0.402. The van der Waals surface area contributed by atoms with Gasteiger partial charge < -0.3 is 15.6 Å². The molecule has 1 unspecified atom stereocenters. The van der Waals surface area contributed by atoms with Crippen LogP contribution in [0.4, 0.5) is 0 Å². The van der Waals surface area contributed by atoms with Gasteiger partial charge in [-0.15, -0.1) is 0 Å². The molecule has 0 bridgehead atoms. The molecule has 1 aromatic heterocycles. The number of carbonyl (C=O) groups excluding carboxylic acids is 1. The smallest absolute Gasteiger partial charge is 0.221 e. The number of hydrogen-bond donors (Lipinski definition) is 2. The van der Waals surface area contributed by atoms with Crippen LogP contribution < -0.4 is 11.1 Å². The van der Waals surface area contributed by atoms with Crippen LogP contribution >= 0.6 is 0 Å². The van der Waals surface area contributed by atoms with Crippen molar-refractivity contribution in [2.24, 2.45) is 11.7 Å². The van der Waals surface area contributed by atoms with Crippen molar-refractivity contribution in [3.05, 3.63) is 70.9 Å². The van der Waals surface area contributed by atoms with Crippen molar-refractivity contribution in [1.29, 1.82) is 5.26 Å². The Kier molecular flexibility index (Phi) is 7.96. The maximum Gasteiger partial charge on any atom is 0.221 e. The molecular weight excluding hydrogens is 456 g/mol. The molecule has 1 atom stereocenters. The molecule has 37 heavy (non-hydrogen) atoms. The van der Waals surface area contributed by atoms with E-state index in [1.807, 2.05) is 12.1 Å². The van der Waals surface area contributed by atoms with E-state index < -0.39 is 0 Å². The number of benzene rings is 2. The Balaban J connectivity index is 1.50. The lowest BCUT2D eigenvalue weighted by molar-refractivity contribution is -0.122. The van der Waals surface area contributed by atoms with Gasteiger partial charge in [-0.05, 0) is 80.7 Å². The molecule has 5 nitrogen and oxygen atoms in total. The van der Waals surface area contributed by atoms with E-state index in [0.29, 0.717) is 17.9 Å². The summed E-state index contributed by atoms with van der Waals surface area (Å²) in [6.45, 7) is 3.10. The largest absolute Gasteiger partial charge is 0.353 e. The van der Waals surface area contributed by atoms with Gasteiger partial charge in [-0.1, -0.05) is 49.1 Å². The molecule has 5 heteroatoms. The first-order valence-corrected chi connectivity index (χ1v) is 14.1. The number of nitrogens with one attached hydrogen (secondary N) is 1. The lowest BCUT2D eigenvalue weighted by Crippen LogP contribution is -2.40. The summed E-state index contributed by atoms with van der Waals surface area (Å²) in [5, 5.41) is 14.1. The third-order valence-electron chi connectivity index (χ3n) is 8.57. The van der Waals surface area contributed by atoms with Crippen LogP contribution in [0.1, 0.15) is 92.4 Å². The average molecular weight is 497 g/mol. The van der Waals surface area contributed by atoms with Crippen LogP contribution in [-0.2, 0) is 11.3 Å². The predicted molar refractivity (Wildman–Crippen MR) is 149 cm³/mol. The Hall–Kier alpha value is -3.10. The Labute approximate surface area is 221 Å². The van der Waals surface area contributed by atoms with Crippen LogP contribution in [0, 0.1) is 24.2 Å². The number of aryl methyl sites for hydroxylation is 1. The fraction of sp³-hybridized carbons (Fsp3) is 0.500. The van der Waals surface area contributed by atoms with Crippen LogP contribution in [0.2, 0.25) is 0 Å². The van der Waals surface area contributed by atoms with E-state index in [4.69, 9.17) is 5.73 Å². The Morgan fingerprint density at radius 2 is 1.86 bits per heavy atom. The van der Waals surface area contributed by atoms with Crippen LogP contribution in [-0.4, -0.2) is 22.6 Å². The van der Waals surface area contributed by atoms with Gasteiger partial charge in [0.1, 0.15) is 0 Å². The molecule has 3 aromatic rings. The highest BCUT2D eigenvalue weighted by atomic mass is 16.1. The second-order valence-electron chi connectivity index (χ2n) is 11.4. The maximum atomic E-state index is 13.4. The van der Waals surface area contributed by atoms with Gasteiger partial charge in [-0.2, -0.15) is 5.26 Å². The standard InChI is InChI=1S/C32H40N4O/c1-22-6-5-9-25(16-22)28(18-32(37)35-27-13-11-26(34)12-14-27)30-21-36(20-23-7-3-2-4-8-23)31-15-10-24(19-33)17-29(30)31/h5-6,9-10,15-17,21,23,26-28H,2-4,7-8,11-14,18,20,34H2,1H3,(H,35,37)/t26-,27-,28?. The number of nitriles is 1. The van der Waals surface area contributed by atoms with E-state index in [1.165, 1.54) is 43.2 Å². The topological polar surface area (TPSA) is 83.8 Å². The summed E-state index contributed by atoms with van der Waals surface area (Å²) in [6.07, 6.45) is 13.0. The molecule has 2 fully saturated rings. The minimum Gasteiger partial charge on any atom is -0.353 e. The van der Waals surface area contributed by atoms with Crippen LogP contribution in [0.3, 0.4) is 0 Å². The van der Waals surface area contributed by atoms with Gasteiger partial charge in [0.25, 0.3) is 0 Å². The van der Waals surface area contributed by atoms with Crippen LogP contribution in [0.5, 0.6) is 0 Å². The number of rotatable bonds is 7. The van der Waals surface area contributed by atoms with Crippen LogP contribution in [0.25, 0.3) is 10.9 Å². The van der Waals surface area contributed by atoms with Crippen molar-refractivity contribution < 1.29 is 4.79 Å². The number of carbonyl (C=O) groups is 1. The van der Waals surface area contributed by atoms with Crippen molar-refractivity contribution in [2.45, 2.75) is 95.7 Å². The molecule has 0 saturated heterocycles. The average Bonchev–Trinajstić information content (AvgIpc) is 3.26. The third kappa shape index (κ3) is 6.08. The lowest BCUT2D eigenvalue weighted by atomic mass is 9.86. The number of amides is 1. The molecule has 0 spiro atoms. The lowest BCUT2D eigenvalue weighted by Gasteiger charge is -2.27. The molecule has 1 amide bonds. The van der Waals surface area contributed by atoms with E-state index >= 15 is 0 Å². The van der Waals surface area contributed by atoms with E-state index in [9.17, 15) is 10.1 Å². The van der Waals surface area contributed by atoms with Crippen molar-refractivity contribution in [1.82, 2.24) is 9.88 Å². The number of nitrogens with zero attached hydrogens (tertiary/aromatic N) is 2. The van der Waals surface area contributed by atoms with Crippen molar-refractivity contribution in [3.8, 4) is 6.07 Å². The van der Waals surface area contributed by atoms with Crippen LogP contribution in [0.15, 0.2) is 48.7 Å². The highest BCUT2D eigenvalue weighted by Gasteiger charge is 2.26. The zero-order valence-electron chi connectivity index (χ0n) is 22.1. The molecule has 1 heterocycles. The first-order valence-electron chi connectivity index (χ1n) is 14.1. The Morgan fingerprint density at radius 1 is 1.08 bits per heavy atom. The van der Waals surface area contributed by atoms with Gasteiger partial charge >= 0.3 is 0 Å². The first-order chi connectivity index (χ1) is 18.0. The zero-order valence-corrected chi connectivity index (χ0v) is 22.1. The molecule has 2 aliphatic rings. The minimum absolute atomic E-state index is 0.0743. The summed E-state index contributed by atoms with van der Waals surface area (Å²) < 4.78 is 2.39. The minimum atomic E-state index is -0.0743. The highest BCUT2D eigenvalue weighted by Crippen LogP contribution is 2.37. The van der Waals surface area contributed by atoms with Gasteiger partial charge in [0.15, 0.2) is 0 Å². The molecule has 194 valence electrons. The summed E-state index contributed by atoms with van der Waals surface area (Å²) in [5.74, 6) is 0.706. The molecule has 5 rings (SSSR count). The van der Waals surface area contributed by atoms with Crippen molar-refractivity contribution >= 4 is 16.8 Å². The van der Waals surface area contributed by atoms with Gasteiger partial charge in [-0.3, -0.25) is 4.79 Å². The molecule has 0 aliphatic heterocycles. The first kappa shape index (κ1) is 25.5. The highest BCUT2D eigenvalue weighted by molar-refractivity contribution is 5.88. The summed E-state index contributed by atoms with van der Waals surface area (Å²) in [6, 6.07) is 17.4. The maximum absolute atomic E-state index is 13.4. The normalized spacial score (nSPS) is 21.4. The van der Waals surface area contributed by atoms with Gasteiger partial charge in [0.2, 0.25) is 5.91 Å². The molecular formula is C32H40N4O. The number of fused-ring (bicyclic) bond motifs is 1. The second kappa shape index (κ2) is 11.5. The molecule has 2 saturated carbocycles. The van der Waals surface area contributed by atoms with E-state index in [2.05, 4.69) is 59.4 Å². The van der Waals surface area contributed by atoms with Gasteiger partial charge in [-0.25, -0.2) is 0 Å². The number of nitrogens with two attached hydrogens (primary N) is 1. The summed E-state index contributed by atoms with van der Waals surface area (Å²) >= 11 is 0. The zero-order chi connectivity index (χ0) is 25.8. The summed E-state index contributed by atoms with van der Waals surface area (Å²) in [5.41, 5.74) is 11.4. The summed E-state index contributed by atoms with van der Waals surface area (Å²) in [7, 11) is 0. The number of hydrogen-bond acceptors (Lipinski definition) is 3. The second-order valence-corrected chi connectivity index (χ2v) is 11.4. The monoisotopic (exact) mass is 496 g/mol. The third-order valence-corrected chi connectivity index (χ3v) is 8.57.